The van der Waals surface area contributed by atoms with Crippen LogP contribution >= 0.6 is 0 Å². The number of carbonyl (C=O) groups excluding carboxylic acids is 1. The fourth-order valence-electron chi connectivity index (χ4n) is 3.67. The minimum Gasteiger partial charge on any atom is -0.468 e. The number of likely N-dealkylation sites (N-methyl/N-ethyl adjacent to an activating group) is 1. The standard InChI is InChI=1S/C18H28N2O4/c1-3-17(21)20-8-10-22-14-18(13-20)7-6-16(24-18)12-19(2)11-15-5-4-9-23-15/h4-5,9,16H,3,6-8,10-14H2,1-2H3/t16-,18-/m1/s1. The highest BCUT2D eigenvalue weighted by atomic mass is 16.6. The third-order valence-corrected chi connectivity index (χ3v) is 4.86. The van der Waals surface area contributed by atoms with Crippen molar-refractivity contribution in [1.82, 2.24) is 9.80 Å². The first-order chi connectivity index (χ1) is 11.6. The van der Waals surface area contributed by atoms with E-state index in [4.69, 9.17) is 13.9 Å². The van der Waals surface area contributed by atoms with Crippen molar-refractivity contribution >= 4 is 5.91 Å². The van der Waals surface area contributed by atoms with Crippen molar-refractivity contribution in [3.8, 4) is 0 Å². The number of rotatable bonds is 5. The van der Waals surface area contributed by atoms with E-state index in [0.717, 1.165) is 31.7 Å². The second-order valence-corrected chi connectivity index (χ2v) is 6.96. The number of amides is 1. The zero-order valence-electron chi connectivity index (χ0n) is 14.7. The summed E-state index contributed by atoms with van der Waals surface area (Å²) in [6.45, 7) is 6.03. The number of hydrogen-bond acceptors (Lipinski definition) is 5. The third kappa shape index (κ3) is 4.18. The molecule has 1 aromatic heterocycles. The highest BCUT2D eigenvalue weighted by molar-refractivity contribution is 5.75. The van der Waals surface area contributed by atoms with Crippen molar-refractivity contribution < 1.29 is 18.7 Å². The summed E-state index contributed by atoms with van der Waals surface area (Å²) in [6, 6.07) is 3.90. The van der Waals surface area contributed by atoms with Gasteiger partial charge in [-0.1, -0.05) is 6.92 Å². The van der Waals surface area contributed by atoms with Crippen LogP contribution in [0.1, 0.15) is 31.9 Å². The van der Waals surface area contributed by atoms with Gasteiger partial charge in [-0.05, 0) is 32.0 Å². The van der Waals surface area contributed by atoms with Crippen molar-refractivity contribution in [3.63, 3.8) is 0 Å². The van der Waals surface area contributed by atoms with Crippen LogP contribution in [-0.4, -0.2) is 67.3 Å². The molecular formula is C18H28N2O4. The predicted octanol–water partition coefficient (Wildman–Crippen LogP) is 1.90. The first kappa shape index (κ1) is 17.5. The van der Waals surface area contributed by atoms with Crippen molar-refractivity contribution in [2.45, 2.75) is 44.4 Å². The molecule has 2 fully saturated rings. The number of nitrogens with zero attached hydrogens (tertiary/aromatic N) is 2. The van der Waals surface area contributed by atoms with Gasteiger partial charge in [-0.15, -0.1) is 0 Å². The Bertz CT molecular complexity index is 533. The van der Waals surface area contributed by atoms with E-state index in [0.29, 0.717) is 32.7 Å². The Labute approximate surface area is 143 Å². The van der Waals surface area contributed by atoms with Crippen molar-refractivity contribution in [3.05, 3.63) is 24.2 Å². The van der Waals surface area contributed by atoms with E-state index >= 15 is 0 Å². The molecule has 0 aromatic carbocycles. The maximum atomic E-state index is 12.1. The first-order valence-corrected chi connectivity index (χ1v) is 8.84. The van der Waals surface area contributed by atoms with E-state index < -0.39 is 0 Å². The molecular weight excluding hydrogens is 308 g/mol. The average molecular weight is 336 g/mol. The summed E-state index contributed by atoms with van der Waals surface area (Å²) in [5, 5.41) is 0. The molecule has 0 bridgehead atoms. The molecule has 3 heterocycles. The van der Waals surface area contributed by atoms with Crippen molar-refractivity contribution in [1.29, 1.82) is 0 Å². The number of ether oxygens (including phenoxy) is 2. The summed E-state index contributed by atoms with van der Waals surface area (Å²) in [5.74, 6) is 1.14. The van der Waals surface area contributed by atoms with Gasteiger partial charge >= 0.3 is 0 Å². The molecule has 2 aliphatic heterocycles. The van der Waals surface area contributed by atoms with Crippen LogP contribution in [0.2, 0.25) is 0 Å². The van der Waals surface area contributed by atoms with Crippen LogP contribution in [0.5, 0.6) is 0 Å². The van der Waals surface area contributed by atoms with E-state index in [1.165, 1.54) is 0 Å². The van der Waals surface area contributed by atoms with Crippen molar-refractivity contribution in [2.24, 2.45) is 0 Å². The van der Waals surface area contributed by atoms with E-state index in [-0.39, 0.29) is 17.6 Å². The van der Waals surface area contributed by atoms with Crippen LogP contribution in [0.15, 0.2) is 22.8 Å². The molecule has 1 aromatic rings. The highest BCUT2D eigenvalue weighted by Crippen LogP contribution is 2.33. The van der Waals surface area contributed by atoms with Crippen LogP contribution in [0, 0.1) is 0 Å². The Morgan fingerprint density at radius 3 is 3.12 bits per heavy atom. The molecule has 0 N–H and O–H groups in total. The third-order valence-electron chi connectivity index (χ3n) is 4.86. The highest BCUT2D eigenvalue weighted by Gasteiger charge is 2.44. The second-order valence-electron chi connectivity index (χ2n) is 6.96. The molecule has 134 valence electrons. The van der Waals surface area contributed by atoms with Crippen LogP contribution in [-0.2, 0) is 20.8 Å². The summed E-state index contributed by atoms with van der Waals surface area (Å²) in [5.41, 5.74) is -0.336. The monoisotopic (exact) mass is 336 g/mol. The maximum absolute atomic E-state index is 12.1. The normalized spacial score (nSPS) is 27.8. The molecule has 0 saturated carbocycles. The minimum absolute atomic E-state index is 0.172. The van der Waals surface area contributed by atoms with Gasteiger partial charge in [0.25, 0.3) is 0 Å². The largest absolute Gasteiger partial charge is 0.468 e. The van der Waals surface area contributed by atoms with Gasteiger partial charge in [0, 0.05) is 19.5 Å². The Morgan fingerprint density at radius 1 is 1.50 bits per heavy atom. The van der Waals surface area contributed by atoms with E-state index in [2.05, 4.69) is 11.9 Å². The van der Waals surface area contributed by atoms with Gasteiger partial charge in [-0.3, -0.25) is 9.69 Å². The lowest BCUT2D eigenvalue weighted by molar-refractivity contribution is -0.136. The Morgan fingerprint density at radius 2 is 2.38 bits per heavy atom. The predicted molar refractivity (Wildman–Crippen MR) is 89.6 cm³/mol. The van der Waals surface area contributed by atoms with Crippen molar-refractivity contribution in [2.75, 3.05) is 39.9 Å². The fourth-order valence-corrected chi connectivity index (χ4v) is 3.67. The van der Waals surface area contributed by atoms with Crippen LogP contribution in [0.25, 0.3) is 0 Å². The summed E-state index contributed by atoms with van der Waals surface area (Å²) < 4.78 is 17.5. The molecule has 3 rings (SSSR count). The molecule has 1 amide bonds. The number of hydrogen-bond donors (Lipinski definition) is 0. The average Bonchev–Trinajstić information content (AvgIpc) is 3.14. The molecule has 2 saturated heterocycles. The van der Waals surface area contributed by atoms with Gasteiger partial charge in [0.2, 0.25) is 5.91 Å². The summed E-state index contributed by atoms with van der Waals surface area (Å²) >= 11 is 0. The van der Waals surface area contributed by atoms with E-state index in [9.17, 15) is 4.79 Å². The zero-order chi connectivity index (χ0) is 17.0. The lowest BCUT2D eigenvalue weighted by Crippen LogP contribution is -2.47. The smallest absolute Gasteiger partial charge is 0.222 e. The fraction of sp³-hybridized carbons (Fsp3) is 0.722. The van der Waals surface area contributed by atoms with Gasteiger partial charge in [0.05, 0.1) is 38.7 Å². The summed E-state index contributed by atoms with van der Waals surface area (Å²) in [4.78, 5) is 16.2. The van der Waals surface area contributed by atoms with Gasteiger partial charge in [0.15, 0.2) is 0 Å². The first-order valence-electron chi connectivity index (χ1n) is 8.84. The Hall–Kier alpha value is -1.37. The molecule has 1 spiro atoms. The molecule has 2 aliphatic rings. The Balaban J connectivity index is 1.55. The Kier molecular flexibility index (Phi) is 5.58. The summed E-state index contributed by atoms with van der Waals surface area (Å²) in [7, 11) is 2.08. The van der Waals surface area contributed by atoms with Crippen LogP contribution in [0.4, 0.5) is 0 Å². The maximum Gasteiger partial charge on any atom is 0.222 e. The van der Waals surface area contributed by atoms with Gasteiger partial charge in [-0.25, -0.2) is 0 Å². The van der Waals surface area contributed by atoms with E-state index in [1.54, 1.807) is 6.26 Å². The lowest BCUT2D eigenvalue weighted by Gasteiger charge is -2.32. The van der Waals surface area contributed by atoms with Crippen LogP contribution in [0.3, 0.4) is 0 Å². The molecule has 6 nitrogen and oxygen atoms in total. The minimum atomic E-state index is -0.336. The van der Waals surface area contributed by atoms with Gasteiger partial charge in [0.1, 0.15) is 11.4 Å². The second kappa shape index (κ2) is 7.68. The van der Waals surface area contributed by atoms with Crippen LogP contribution < -0.4 is 0 Å². The molecule has 0 unspecified atom stereocenters. The molecule has 0 aliphatic carbocycles. The SMILES string of the molecule is CCC(=O)N1CCOC[C@@]2(CC[C@H](CN(C)Cc3ccco3)O2)C1. The quantitative estimate of drug-likeness (QED) is 0.822. The van der Waals surface area contributed by atoms with E-state index in [1.807, 2.05) is 24.0 Å². The zero-order valence-corrected chi connectivity index (χ0v) is 14.7. The molecule has 6 heteroatoms. The number of furan rings is 1. The molecule has 2 atom stereocenters. The van der Waals surface area contributed by atoms with Gasteiger partial charge in [-0.2, -0.15) is 0 Å². The molecule has 24 heavy (non-hydrogen) atoms. The lowest BCUT2D eigenvalue weighted by atomic mass is 10.00. The number of carbonyl (C=O) groups is 1. The molecule has 0 radical (unpaired) electrons. The topological polar surface area (TPSA) is 55.2 Å². The van der Waals surface area contributed by atoms with Gasteiger partial charge < -0.3 is 18.8 Å². The summed E-state index contributed by atoms with van der Waals surface area (Å²) in [6.07, 6.45) is 4.35.